The third-order valence-electron chi connectivity index (χ3n) is 4.02. The van der Waals surface area contributed by atoms with Gasteiger partial charge in [0.15, 0.2) is 5.69 Å². The minimum absolute atomic E-state index is 0.0729. The lowest BCUT2D eigenvalue weighted by atomic mass is 10.2. The number of aromatic amines is 1. The molecule has 1 amide bonds. The molecule has 21 heavy (non-hydrogen) atoms. The van der Waals surface area contributed by atoms with Crippen molar-refractivity contribution in [1.29, 1.82) is 0 Å². The smallest absolute Gasteiger partial charge is 0.275 e. The van der Waals surface area contributed by atoms with E-state index in [1.807, 2.05) is 0 Å². The van der Waals surface area contributed by atoms with Crippen LogP contribution < -0.4 is 5.14 Å². The molecule has 2 fully saturated rings. The molecule has 0 aromatic carbocycles. The monoisotopic (exact) mass is 312 g/mol. The molecule has 8 heteroatoms. The molecule has 2 aliphatic rings. The molecule has 3 N–H and O–H groups in total. The standard InChI is InChI=1S/C13H20N4O3S/c1-8-12(21(14,19)20)11(16-15-8)13(18)17(6-9-2-3-9)7-10-4-5-10/h9-10H,2-7H2,1H3,(H,15,16)(H2,14,19,20). The van der Waals surface area contributed by atoms with Crippen LogP contribution in [-0.4, -0.2) is 42.5 Å². The highest BCUT2D eigenvalue weighted by Crippen LogP contribution is 2.34. The lowest BCUT2D eigenvalue weighted by molar-refractivity contribution is 0.0729. The van der Waals surface area contributed by atoms with Crippen LogP contribution >= 0.6 is 0 Å². The maximum absolute atomic E-state index is 12.7. The van der Waals surface area contributed by atoms with Crippen molar-refractivity contribution in [2.24, 2.45) is 17.0 Å². The molecule has 0 radical (unpaired) electrons. The number of aromatic nitrogens is 2. The number of primary sulfonamides is 1. The van der Waals surface area contributed by atoms with E-state index < -0.39 is 10.0 Å². The first-order chi connectivity index (χ1) is 9.86. The second-order valence-corrected chi connectivity index (χ2v) is 7.67. The summed E-state index contributed by atoms with van der Waals surface area (Å²) in [6.07, 6.45) is 4.54. The number of nitrogens with zero attached hydrogens (tertiary/aromatic N) is 2. The van der Waals surface area contributed by atoms with Gasteiger partial charge in [0.25, 0.3) is 5.91 Å². The highest BCUT2D eigenvalue weighted by Gasteiger charge is 2.35. The number of hydrogen-bond acceptors (Lipinski definition) is 4. The van der Waals surface area contributed by atoms with Crippen molar-refractivity contribution in [3.63, 3.8) is 0 Å². The fraction of sp³-hybridized carbons (Fsp3) is 0.692. The molecule has 116 valence electrons. The molecule has 2 aliphatic carbocycles. The highest BCUT2D eigenvalue weighted by molar-refractivity contribution is 7.89. The van der Waals surface area contributed by atoms with Gasteiger partial charge in [-0.1, -0.05) is 0 Å². The lowest BCUT2D eigenvalue weighted by Crippen LogP contribution is -2.36. The Morgan fingerprint density at radius 1 is 1.29 bits per heavy atom. The summed E-state index contributed by atoms with van der Waals surface area (Å²) in [5.74, 6) is 0.763. The van der Waals surface area contributed by atoms with Crippen LogP contribution in [0.4, 0.5) is 0 Å². The second-order valence-electron chi connectivity index (χ2n) is 6.17. The van der Waals surface area contributed by atoms with Crippen LogP contribution in [0.5, 0.6) is 0 Å². The summed E-state index contributed by atoms with van der Waals surface area (Å²) in [5, 5.41) is 11.7. The molecule has 0 unspecified atom stereocenters. The molecule has 1 aromatic rings. The molecule has 1 aromatic heterocycles. The number of hydrogen-bond donors (Lipinski definition) is 2. The highest BCUT2D eigenvalue weighted by atomic mass is 32.2. The summed E-state index contributed by atoms with van der Waals surface area (Å²) in [5.41, 5.74) is 0.231. The maximum Gasteiger partial charge on any atom is 0.275 e. The molecule has 1 heterocycles. The Morgan fingerprint density at radius 2 is 1.81 bits per heavy atom. The molecule has 0 spiro atoms. The fourth-order valence-electron chi connectivity index (χ4n) is 2.53. The van der Waals surface area contributed by atoms with Crippen molar-refractivity contribution in [1.82, 2.24) is 15.1 Å². The van der Waals surface area contributed by atoms with E-state index in [0.717, 1.165) is 25.7 Å². The third-order valence-corrected chi connectivity index (χ3v) is 5.08. The Morgan fingerprint density at radius 3 is 2.24 bits per heavy atom. The summed E-state index contributed by atoms with van der Waals surface area (Å²) in [7, 11) is -3.97. The summed E-state index contributed by atoms with van der Waals surface area (Å²) in [6.45, 7) is 2.92. The number of nitrogens with two attached hydrogens (primary N) is 1. The van der Waals surface area contributed by atoms with Crippen LogP contribution in [0, 0.1) is 18.8 Å². The van der Waals surface area contributed by atoms with Gasteiger partial charge in [0.2, 0.25) is 10.0 Å². The van der Waals surface area contributed by atoms with Crippen LogP contribution in [0.15, 0.2) is 4.90 Å². The summed E-state index contributed by atoms with van der Waals surface area (Å²) >= 11 is 0. The SMILES string of the molecule is Cc1[nH]nc(C(=O)N(CC2CC2)CC2CC2)c1S(N)(=O)=O. The molecule has 0 bridgehead atoms. The Labute approximate surface area is 123 Å². The van der Waals surface area contributed by atoms with Gasteiger partial charge in [0, 0.05) is 13.1 Å². The number of rotatable bonds is 6. The average Bonchev–Trinajstić information content (AvgIpc) is 3.29. The first-order valence-corrected chi connectivity index (χ1v) is 8.78. The van der Waals surface area contributed by atoms with E-state index >= 15 is 0 Å². The van der Waals surface area contributed by atoms with Gasteiger partial charge in [0.1, 0.15) is 4.90 Å². The Bertz CT molecular complexity index is 645. The van der Waals surface area contributed by atoms with Crippen molar-refractivity contribution in [2.45, 2.75) is 37.5 Å². The molecule has 0 saturated heterocycles. The van der Waals surface area contributed by atoms with E-state index in [9.17, 15) is 13.2 Å². The molecule has 2 saturated carbocycles. The average molecular weight is 312 g/mol. The Balaban J connectivity index is 1.87. The van der Waals surface area contributed by atoms with Gasteiger partial charge in [-0.15, -0.1) is 0 Å². The Kier molecular flexibility index (Phi) is 3.53. The summed E-state index contributed by atoms with van der Waals surface area (Å²) in [6, 6.07) is 0. The van der Waals surface area contributed by atoms with Crippen LogP contribution in [0.2, 0.25) is 0 Å². The van der Waals surface area contributed by atoms with Gasteiger partial charge in [0.05, 0.1) is 5.69 Å². The normalized spacial score (nSPS) is 18.8. The van der Waals surface area contributed by atoms with Gasteiger partial charge in [-0.25, -0.2) is 13.6 Å². The van der Waals surface area contributed by atoms with Crippen LogP contribution in [0.3, 0.4) is 0 Å². The number of H-pyrrole nitrogens is 1. The predicted octanol–water partition coefficient (Wildman–Crippen LogP) is 0.628. The molecule has 3 rings (SSSR count). The second kappa shape index (κ2) is 5.10. The summed E-state index contributed by atoms with van der Waals surface area (Å²) in [4.78, 5) is 14.2. The number of aryl methyl sites for hydroxylation is 1. The number of carbonyl (C=O) groups is 1. The Hall–Kier alpha value is -1.41. The van der Waals surface area contributed by atoms with E-state index in [2.05, 4.69) is 10.2 Å². The van der Waals surface area contributed by atoms with Crippen LogP contribution in [0.25, 0.3) is 0 Å². The molecule has 7 nitrogen and oxygen atoms in total. The molecular weight excluding hydrogens is 292 g/mol. The van der Waals surface area contributed by atoms with Gasteiger partial charge >= 0.3 is 0 Å². The zero-order valence-electron chi connectivity index (χ0n) is 12.0. The van der Waals surface area contributed by atoms with E-state index in [0.29, 0.717) is 30.6 Å². The zero-order chi connectivity index (χ0) is 15.2. The van der Waals surface area contributed by atoms with Crippen molar-refractivity contribution in [3.05, 3.63) is 11.4 Å². The van der Waals surface area contributed by atoms with Crippen LogP contribution in [0.1, 0.15) is 41.9 Å². The van der Waals surface area contributed by atoms with Crippen molar-refractivity contribution in [2.75, 3.05) is 13.1 Å². The topological polar surface area (TPSA) is 109 Å². The number of sulfonamides is 1. The predicted molar refractivity (Wildman–Crippen MR) is 76.0 cm³/mol. The quantitative estimate of drug-likeness (QED) is 0.802. The zero-order valence-corrected chi connectivity index (χ0v) is 12.8. The van der Waals surface area contributed by atoms with E-state index in [-0.39, 0.29) is 16.5 Å². The number of nitrogens with one attached hydrogen (secondary N) is 1. The van der Waals surface area contributed by atoms with Gasteiger partial charge in [-0.2, -0.15) is 5.10 Å². The summed E-state index contributed by atoms with van der Waals surface area (Å²) < 4.78 is 23.4. The van der Waals surface area contributed by atoms with Gasteiger partial charge < -0.3 is 4.90 Å². The fourth-order valence-corrected chi connectivity index (χ4v) is 3.40. The van der Waals surface area contributed by atoms with Crippen LogP contribution in [-0.2, 0) is 10.0 Å². The van der Waals surface area contributed by atoms with Gasteiger partial charge in [-0.3, -0.25) is 9.89 Å². The number of amides is 1. The number of carbonyl (C=O) groups excluding carboxylic acids is 1. The van der Waals surface area contributed by atoms with E-state index in [4.69, 9.17) is 5.14 Å². The molecular formula is C13H20N4O3S. The van der Waals surface area contributed by atoms with Crippen molar-refractivity contribution < 1.29 is 13.2 Å². The third kappa shape index (κ3) is 3.26. The minimum Gasteiger partial charge on any atom is -0.337 e. The minimum atomic E-state index is -3.97. The molecule has 0 atom stereocenters. The largest absolute Gasteiger partial charge is 0.337 e. The van der Waals surface area contributed by atoms with Gasteiger partial charge in [-0.05, 0) is 44.4 Å². The maximum atomic E-state index is 12.7. The van der Waals surface area contributed by atoms with Crippen molar-refractivity contribution in [3.8, 4) is 0 Å². The first kappa shape index (κ1) is 14.5. The lowest BCUT2D eigenvalue weighted by Gasteiger charge is -2.22. The van der Waals surface area contributed by atoms with E-state index in [1.54, 1.807) is 11.8 Å². The van der Waals surface area contributed by atoms with E-state index in [1.165, 1.54) is 0 Å². The molecule has 0 aliphatic heterocycles. The van der Waals surface area contributed by atoms with Crippen molar-refractivity contribution >= 4 is 15.9 Å². The first-order valence-electron chi connectivity index (χ1n) is 7.23.